The molecule has 0 aromatic heterocycles. The van der Waals surface area contributed by atoms with Crippen LogP contribution in [0.2, 0.25) is 0 Å². The normalized spacial score (nSPS) is 34.7. The van der Waals surface area contributed by atoms with E-state index in [0.717, 1.165) is 0 Å². The lowest BCUT2D eigenvalue weighted by atomic mass is 10.2. The van der Waals surface area contributed by atoms with Crippen LogP contribution in [0.5, 0.6) is 0 Å². The third kappa shape index (κ3) is 1.69. The maximum absolute atomic E-state index is 10.6. The molecule has 2 atom stereocenters. The Labute approximate surface area is 58.7 Å². The van der Waals surface area contributed by atoms with Crippen LogP contribution in [0.3, 0.4) is 0 Å². The highest BCUT2D eigenvalue weighted by Gasteiger charge is 2.27. The van der Waals surface area contributed by atoms with Gasteiger partial charge < -0.3 is 5.11 Å². The van der Waals surface area contributed by atoms with Crippen LogP contribution in [-0.4, -0.2) is 26.8 Å². The van der Waals surface area contributed by atoms with Crippen molar-refractivity contribution in [3.8, 4) is 0 Å². The summed E-state index contributed by atoms with van der Waals surface area (Å²) in [5.41, 5.74) is 0. The molecular weight excluding hydrogens is 160 g/mol. The summed E-state index contributed by atoms with van der Waals surface area (Å²) in [6.07, 6.45) is 0. The van der Waals surface area contributed by atoms with E-state index in [4.69, 9.17) is 5.11 Å². The van der Waals surface area contributed by atoms with E-state index in [0.29, 0.717) is 11.5 Å². The third-order valence-electron chi connectivity index (χ3n) is 1.09. The molecule has 0 saturated carbocycles. The number of carboxylic acids is 1. The van der Waals surface area contributed by atoms with Crippen molar-refractivity contribution in [3.63, 3.8) is 0 Å². The highest BCUT2D eigenvalue weighted by atomic mass is 33.1. The quantitative estimate of drug-likeness (QED) is 0.561. The second-order valence-electron chi connectivity index (χ2n) is 1.79. The number of aliphatic carboxylic acids is 1. The van der Waals surface area contributed by atoms with Gasteiger partial charge in [0.2, 0.25) is 0 Å². The summed E-state index contributed by atoms with van der Waals surface area (Å²) in [6.45, 7) is 0. The van der Waals surface area contributed by atoms with Crippen LogP contribution in [0, 0.1) is 5.92 Å². The minimum Gasteiger partial charge on any atom is -0.481 e. The fraction of sp³-hybridized carbons (Fsp3) is 0.750. The highest BCUT2D eigenvalue weighted by Crippen LogP contribution is 2.24. The van der Waals surface area contributed by atoms with E-state index in [2.05, 4.69) is 0 Å². The Kier molecular flexibility index (Phi) is 2.13. The second kappa shape index (κ2) is 2.70. The molecule has 9 heavy (non-hydrogen) atoms. The first kappa shape index (κ1) is 7.08. The molecule has 5 heteroatoms. The summed E-state index contributed by atoms with van der Waals surface area (Å²) in [4.78, 5) is 10.2. The summed E-state index contributed by atoms with van der Waals surface area (Å²) < 4.78 is 10.6. The van der Waals surface area contributed by atoms with Gasteiger partial charge in [0.15, 0.2) is 0 Å². The molecule has 0 aromatic carbocycles. The largest absolute Gasteiger partial charge is 0.481 e. The van der Waals surface area contributed by atoms with Crippen molar-refractivity contribution in [2.45, 2.75) is 0 Å². The molecule has 0 amide bonds. The maximum atomic E-state index is 10.6. The Morgan fingerprint density at radius 1 is 1.78 bits per heavy atom. The van der Waals surface area contributed by atoms with Crippen LogP contribution >= 0.6 is 10.8 Å². The molecule has 0 bridgehead atoms. The van der Waals surface area contributed by atoms with Gasteiger partial charge in [-0.2, -0.15) is 0 Å². The van der Waals surface area contributed by atoms with Crippen LogP contribution in [0.15, 0.2) is 0 Å². The van der Waals surface area contributed by atoms with E-state index >= 15 is 0 Å². The number of hydrogen-bond donors (Lipinski definition) is 1. The Morgan fingerprint density at radius 2 is 2.44 bits per heavy atom. The molecular formula is C4H6O3S2. The minimum absolute atomic E-state index is 0.319. The predicted molar refractivity (Wildman–Crippen MR) is 36.6 cm³/mol. The Balaban J connectivity index is 2.48. The summed E-state index contributed by atoms with van der Waals surface area (Å²) >= 11 is 0. The lowest BCUT2D eigenvalue weighted by Gasteiger charge is -1.94. The number of carbonyl (C=O) groups is 1. The van der Waals surface area contributed by atoms with Gasteiger partial charge in [0.25, 0.3) is 0 Å². The molecule has 0 spiro atoms. The summed E-state index contributed by atoms with van der Waals surface area (Å²) in [7, 11) is 0.287. The summed E-state index contributed by atoms with van der Waals surface area (Å²) in [6, 6.07) is 0. The summed E-state index contributed by atoms with van der Waals surface area (Å²) in [5, 5.41) is 8.38. The lowest BCUT2D eigenvalue weighted by molar-refractivity contribution is -0.140. The molecule has 1 saturated heterocycles. The van der Waals surface area contributed by atoms with Crippen molar-refractivity contribution < 1.29 is 14.1 Å². The van der Waals surface area contributed by atoms with Gasteiger partial charge in [-0.25, -0.2) is 4.21 Å². The molecule has 1 heterocycles. The number of hydrogen-bond acceptors (Lipinski definition) is 3. The molecule has 1 rings (SSSR count). The van der Waals surface area contributed by atoms with Gasteiger partial charge in [-0.15, -0.1) is 0 Å². The predicted octanol–water partition coefficient (Wildman–Crippen LogP) is 0.0977. The van der Waals surface area contributed by atoms with Gasteiger partial charge >= 0.3 is 5.97 Å². The first-order chi connectivity index (χ1) is 4.20. The van der Waals surface area contributed by atoms with Crippen molar-refractivity contribution >= 4 is 26.6 Å². The van der Waals surface area contributed by atoms with E-state index in [1.165, 1.54) is 10.8 Å². The Bertz CT molecular complexity index is 156. The molecule has 1 N–H and O–H groups in total. The average molecular weight is 166 g/mol. The zero-order valence-electron chi connectivity index (χ0n) is 4.57. The highest BCUT2D eigenvalue weighted by molar-refractivity contribution is 8.69. The molecule has 52 valence electrons. The molecule has 1 unspecified atom stereocenters. The van der Waals surface area contributed by atoms with Gasteiger partial charge in [-0.3, -0.25) is 4.79 Å². The number of rotatable bonds is 1. The molecule has 1 aliphatic heterocycles. The third-order valence-corrected chi connectivity index (χ3v) is 4.17. The fourth-order valence-corrected chi connectivity index (χ4v) is 3.70. The average Bonchev–Trinajstić information content (AvgIpc) is 2.14. The summed E-state index contributed by atoms with van der Waals surface area (Å²) in [5.74, 6) is -0.383. The van der Waals surface area contributed by atoms with Gasteiger partial charge in [0.05, 0.1) is 15.7 Å². The molecule has 1 aliphatic rings. The van der Waals surface area contributed by atoms with E-state index in [9.17, 15) is 9.00 Å². The molecule has 3 nitrogen and oxygen atoms in total. The molecule has 0 aliphatic carbocycles. The Hall–Kier alpha value is -0.0300. The maximum Gasteiger partial charge on any atom is 0.308 e. The SMILES string of the molecule is O=C(O)[C@@H]1CSS(=O)C1. The number of carboxylic acid groups (broad SMARTS) is 1. The van der Waals surface area contributed by atoms with Crippen molar-refractivity contribution in [1.29, 1.82) is 0 Å². The molecule has 0 aromatic rings. The zero-order chi connectivity index (χ0) is 6.85. The van der Waals surface area contributed by atoms with Crippen molar-refractivity contribution in [1.82, 2.24) is 0 Å². The van der Waals surface area contributed by atoms with Gasteiger partial charge in [0.1, 0.15) is 0 Å². The second-order valence-corrected chi connectivity index (χ2v) is 5.12. The van der Waals surface area contributed by atoms with Gasteiger partial charge in [-0.05, 0) is 0 Å². The topological polar surface area (TPSA) is 54.4 Å². The van der Waals surface area contributed by atoms with E-state index in [1.807, 2.05) is 0 Å². The van der Waals surface area contributed by atoms with Crippen molar-refractivity contribution in [2.24, 2.45) is 5.92 Å². The van der Waals surface area contributed by atoms with Crippen LogP contribution in [0.4, 0.5) is 0 Å². The lowest BCUT2D eigenvalue weighted by Crippen LogP contribution is -2.15. The minimum atomic E-state index is -0.938. The van der Waals surface area contributed by atoms with Crippen molar-refractivity contribution in [2.75, 3.05) is 11.5 Å². The van der Waals surface area contributed by atoms with E-state index in [1.54, 1.807) is 0 Å². The standard InChI is InChI=1S/C4H6O3S2/c5-4(6)3-1-8-9(7)2-3/h3H,1-2H2,(H,5,6)/t3-,9?/m1/s1. The van der Waals surface area contributed by atoms with Crippen LogP contribution in [0.1, 0.15) is 0 Å². The van der Waals surface area contributed by atoms with E-state index < -0.39 is 15.8 Å². The first-order valence-corrected chi connectivity index (χ1v) is 5.26. The van der Waals surface area contributed by atoms with Gasteiger partial charge in [-0.1, -0.05) is 10.8 Å². The van der Waals surface area contributed by atoms with Gasteiger partial charge in [0, 0.05) is 11.5 Å². The van der Waals surface area contributed by atoms with E-state index in [-0.39, 0.29) is 5.92 Å². The Morgan fingerprint density at radius 3 is 2.67 bits per heavy atom. The smallest absolute Gasteiger partial charge is 0.308 e. The zero-order valence-corrected chi connectivity index (χ0v) is 6.20. The monoisotopic (exact) mass is 166 g/mol. The van der Waals surface area contributed by atoms with Crippen LogP contribution in [-0.2, 0) is 14.6 Å². The first-order valence-electron chi connectivity index (χ1n) is 2.44. The fourth-order valence-electron chi connectivity index (χ4n) is 0.561. The van der Waals surface area contributed by atoms with Crippen LogP contribution in [0.25, 0.3) is 0 Å². The van der Waals surface area contributed by atoms with Crippen LogP contribution < -0.4 is 0 Å². The molecule has 1 fully saturated rings. The van der Waals surface area contributed by atoms with Crippen molar-refractivity contribution in [3.05, 3.63) is 0 Å². The molecule has 0 radical (unpaired) electrons.